The quantitative estimate of drug-likeness (QED) is 0.817. The number of anilines is 2. The van der Waals surface area contributed by atoms with E-state index in [2.05, 4.69) is 16.5 Å². The highest BCUT2D eigenvalue weighted by atomic mass is 16.6. The molecule has 102 valence electrons. The van der Waals surface area contributed by atoms with Gasteiger partial charge in [-0.05, 0) is 19.1 Å². The Bertz CT molecular complexity index is 464. The van der Waals surface area contributed by atoms with Crippen molar-refractivity contribution in [3.8, 4) is 0 Å². The molecular formula is C13H18N4O2. The van der Waals surface area contributed by atoms with Crippen molar-refractivity contribution in [2.24, 2.45) is 0 Å². The smallest absolute Gasteiger partial charge is 0.414 e. The zero-order chi connectivity index (χ0) is 13.8. The molecule has 0 spiro atoms. The van der Waals surface area contributed by atoms with Crippen LogP contribution in [0.15, 0.2) is 30.7 Å². The number of nitrogens with zero attached hydrogens (tertiary/aromatic N) is 3. The fourth-order valence-corrected chi connectivity index (χ4v) is 1.95. The molecule has 1 aliphatic rings. The molecule has 0 atom stereocenters. The molecule has 19 heavy (non-hydrogen) atoms. The van der Waals surface area contributed by atoms with Gasteiger partial charge in [-0.1, -0.05) is 6.58 Å². The minimum Gasteiger partial charge on any atom is -0.416 e. The third-order valence-electron chi connectivity index (χ3n) is 2.94. The Morgan fingerprint density at radius 3 is 2.58 bits per heavy atom. The van der Waals surface area contributed by atoms with Crippen LogP contribution in [0.2, 0.25) is 0 Å². The van der Waals surface area contributed by atoms with Gasteiger partial charge < -0.3 is 20.3 Å². The van der Waals surface area contributed by atoms with E-state index in [-0.39, 0.29) is 6.09 Å². The lowest BCUT2D eigenvalue weighted by Gasteiger charge is -2.35. The number of aromatic nitrogens is 1. The van der Waals surface area contributed by atoms with Gasteiger partial charge in [0.25, 0.3) is 0 Å². The molecule has 0 aromatic carbocycles. The number of carbonyl (C=O) groups excluding carboxylic acids is 1. The zero-order valence-corrected chi connectivity index (χ0v) is 11.0. The van der Waals surface area contributed by atoms with Crippen molar-refractivity contribution in [2.45, 2.75) is 6.92 Å². The highest BCUT2D eigenvalue weighted by molar-refractivity contribution is 5.69. The van der Waals surface area contributed by atoms with Crippen LogP contribution in [0.1, 0.15) is 6.92 Å². The summed E-state index contributed by atoms with van der Waals surface area (Å²) in [6.07, 6.45) is 1.42. The van der Waals surface area contributed by atoms with Crippen LogP contribution < -0.4 is 10.6 Å². The lowest BCUT2D eigenvalue weighted by Crippen LogP contribution is -2.48. The molecule has 0 radical (unpaired) electrons. The van der Waals surface area contributed by atoms with Gasteiger partial charge in [0.1, 0.15) is 5.82 Å². The van der Waals surface area contributed by atoms with Crippen LogP contribution in [0, 0.1) is 0 Å². The number of pyridine rings is 1. The predicted octanol–water partition coefficient (Wildman–Crippen LogP) is 1.46. The highest BCUT2D eigenvalue weighted by Gasteiger charge is 2.22. The third kappa shape index (κ3) is 3.37. The lowest BCUT2D eigenvalue weighted by molar-refractivity contribution is 0.126. The number of rotatable bonds is 2. The Morgan fingerprint density at radius 2 is 2.05 bits per heavy atom. The van der Waals surface area contributed by atoms with Gasteiger partial charge in [0.15, 0.2) is 0 Å². The standard InChI is InChI=1S/C13H18N4O2/c1-10(2)19-13(18)17-7-5-16(6-8-17)11-3-4-12(14)15-9-11/h3-4,9H,1,5-8H2,2H3,(H2,14,15). The van der Waals surface area contributed by atoms with E-state index in [1.165, 1.54) is 0 Å². The van der Waals surface area contributed by atoms with Gasteiger partial charge in [-0.15, -0.1) is 0 Å². The summed E-state index contributed by atoms with van der Waals surface area (Å²) in [6.45, 7) is 7.96. The van der Waals surface area contributed by atoms with E-state index < -0.39 is 0 Å². The summed E-state index contributed by atoms with van der Waals surface area (Å²) in [5, 5.41) is 0. The Balaban J connectivity index is 1.90. The van der Waals surface area contributed by atoms with Crippen molar-refractivity contribution in [1.29, 1.82) is 0 Å². The normalized spacial score (nSPS) is 15.2. The highest BCUT2D eigenvalue weighted by Crippen LogP contribution is 2.16. The Morgan fingerprint density at radius 1 is 1.37 bits per heavy atom. The molecule has 2 heterocycles. The van der Waals surface area contributed by atoms with Gasteiger partial charge in [-0.25, -0.2) is 9.78 Å². The molecule has 1 aliphatic heterocycles. The van der Waals surface area contributed by atoms with Crippen molar-refractivity contribution < 1.29 is 9.53 Å². The average molecular weight is 262 g/mol. The molecule has 1 fully saturated rings. The molecule has 0 bridgehead atoms. The van der Waals surface area contributed by atoms with Crippen LogP contribution in [-0.4, -0.2) is 42.2 Å². The maximum Gasteiger partial charge on any atom is 0.414 e. The van der Waals surface area contributed by atoms with Crippen LogP contribution in [0.25, 0.3) is 0 Å². The minimum absolute atomic E-state index is 0.331. The summed E-state index contributed by atoms with van der Waals surface area (Å²) in [7, 11) is 0. The second kappa shape index (κ2) is 5.60. The molecule has 1 aromatic heterocycles. The summed E-state index contributed by atoms with van der Waals surface area (Å²) in [5.74, 6) is 0.919. The monoisotopic (exact) mass is 262 g/mol. The number of amides is 1. The van der Waals surface area contributed by atoms with Gasteiger partial charge in [0, 0.05) is 26.2 Å². The first-order valence-corrected chi connectivity index (χ1v) is 6.15. The van der Waals surface area contributed by atoms with Crippen LogP contribution >= 0.6 is 0 Å². The second-order valence-corrected chi connectivity index (χ2v) is 4.49. The number of allylic oxidation sites excluding steroid dienone is 1. The SMILES string of the molecule is C=C(C)OC(=O)N1CCN(c2ccc(N)nc2)CC1. The van der Waals surface area contributed by atoms with Crippen LogP contribution in [0.3, 0.4) is 0 Å². The number of hydrogen-bond acceptors (Lipinski definition) is 5. The summed E-state index contributed by atoms with van der Waals surface area (Å²) >= 11 is 0. The summed E-state index contributed by atoms with van der Waals surface area (Å²) in [5.41, 5.74) is 6.57. The first kappa shape index (κ1) is 13.2. The number of piperazine rings is 1. The first-order chi connectivity index (χ1) is 9.06. The fraction of sp³-hybridized carbons (Fsp3) is 0.385. The van der Waals surface area contributed by atoms with Crippen LogP contribution in [0.5, 0.6) is 0 Å². The zero-order valence-electron chi connectivity index (χ0n) is 11.0. The van der Waals surface area contributed by atoms with Crippen molar-refractivity contribution in [2.75, 3.05) is 36.8 Å². The van der Waals surface area contributed by atoms with E-state index >= 15 is 0 Å². The molecule has 1 aromatic rings. The number of nitrogen functional groups attached to an aromatic ring is 1. The first-order valence-electron chi connectivity index (χ1n) is 6.15. The molecule has 6 heteroatoms. The Kier molecular flexibility index (Phi) is 3.89. The van der Waals surface area contributed by atoms with E-state index in [0.29, 0.717) is 24.7 Å². The maximum atomic E-state index is 11.7. The molecule has 1 saturated heterocycles. The maximum absolute atomic E-state index is 11.7. The molecule has 2 rings (SSSR count). The number of nitrogens with two attached hydrogens (primary N) is 1. The van der Waals surface area contributed by atoms with Gasteiger partial charge in [-0.3, -0.25) is 0 Å². The predicted molar refractivity (Wildman–Crippen MR) is 73.7 cm³/mol. The van der Waals surface area contributed by atoms with E-state index in [0.717, 1.165) is 18.8 Å². The van der Waals surface area contributed by atoms with Crippen LogP contribution in [-0.2, 0) is 4.74 Å². The summed E-state index contributed by atoms with van der Waals surface area (Å²) < 4.78 is 4.99. The van der Waals surface area contributed by atoms with E-state index in [1.807, 2.05) is 6.07 Å². The summed E-state index contributed by atoms with van der Waals surface area (Å²) in [4.78, 5) is 19.6. The molecule has 0 saturated carbocycles. The van der Waals surface area contributed by atoms with Gasteiger partial charge >= 0.3 is 6.09 Å². The van der Waals surface area contributed by atoms with Gasteiger partial charge in [-0.2, -0.15) is 0 Å². The Labute approximate surface area is 112 Å². The lowest BCUT2D eigenvalue weighted by atomic mass is 10.3. The minimum atomic E-state index is -0.331. The molecule has 6 nitrogen and oxygen atoms in total. The topological polar surface area (TPSA) is 71.7 Å². The number of hydrogen-bond donors (Lipinski definition) is 1. The van der Waals surface area contributed by atoms with E-state index in [4.69, 9.17) is 10.5 Å². The van der Waals surface area contributed by atoms with Crippen molar-refractivity contribution in [3.05, 3.63) is 30.7 Å². The number of ether oxygens (including phenoxy) is 1. The fourth-order valence-electron chi connectivity index (χ4n) is 1.95. The van der Waals surface area contributed by atoms with Crippen molar-refractivity contribution in [1.82, 2.24) is 9.88 Å². The van der Waals surface area contributed by atoms with Gasteiger partial charge in [0.2, 0.25) is 0 Å². The molecule has 1 amide bonds. The molecule has 0 aliphatic carbocycles. The largest absolute Gasteiger partial charge is 0.416 e. The van der Waals surface area contributed by atoms with E-state index in [1.54, 1.807) is 24.1 Å². The molecular weight excluding hydrogens is 244 g/mol. The molecule has 2 N–H and O–H groups in total. The number of carbonyl (C=O) groups is 1. The summed E-state index contributed by atoms with van der Waals surface area (Å²) in [6, 6.07) is 3.71. The van der Waals surface area contributed by atoms with Crippen LogP contribution in [0.4, 0.5) is 16.3 Å². The van der Waals surface area contributed by atoms with E-state index in [9.17, 15) is 4.79 Å². The second-order valence-electron chi connectivity index (χ2n) is 4.49. The molecule has 0 unspecified atom stereocenters. The van der Waals surface area contributed by atoms with Crippen molar-refractivity contribution >= 4 is 17.6 Å². The van der Waals surface area contributed by atoms with Gasteiger partial charge in [0.05, 0.1) is 17.6 Å². The Hall–Kier alpha value is -2.24. The average Bonchev–Trinajstić information content (AvgIpc) is 2.39. The third-order valence-corrected chi connectivity index (χ3v) is 2.94. The van der Waals surface area contributed by atoms with Crippen molar-refractivity contribution in [3.63, 3.8) is 0 Å².